The van der Waals surface area contributed by atoms with E-state index in [4.69, 9.17) is 5.73 Å². The van der Waals surface area contributed by atoms with Crippen molar-refractivity contribution in [2.45, 2.75) is 29.0 Å². The lowest BCUT2D eigenvalue weighted by molar-refractivity contribution is -0.384. The van der Waals surface area contributed by atoms with Gasteiger partial charge in [0, 0.05) is 42.1 Å². The number of benzene rings is 2. The van der Waals surface area contributed by atoms with Gasteiger partial charge in [-0.15, -0.1) is 24.2 Å². The molecule has 0 saturated carbocycles. The Bertz CT molecular complexity index is 789. The molecule has 144 valence electrons. The maximum absolute atomic E-state index is 12.8. The number of nitro groups is 1. The van der Waals surface area contributed by atoms with E-state index in [0.717, 1.165) is 10.5 Å². The monoisotopic (exact) mass is 407 g/mol. The minimum absolute atomic E-state index is 0. The zero-order chi connectivity index (χ0) is 18.7. The van der Waals surface area contributed by atoms with Crippen LogP contribution in [0, 0.1) is 10.1 Å². The van der Waals surface area contributed by atoms with E-state index in [9.17, 15) is 14.9 Å². The highest BCUT2D eigenvalue weighted by Crippen LogP contribution is 2.30. The number of halogens is 1. The fourth-order valence-electron chi connectivity index (χ4n) is 3.22. The van der Waals surface area contributed by atoms with Gasteiger partial charge in [0.05, 0.1) is 10.2 Å². The third kappa shape index (κ3) is 5.00. The molecule has 1 aliphatic heterocycles. The van der Waals surface area contributed by atoms with Gasteiger partial charge in [0.2, 0.25) is 5.91 Å². The number of likely N-dealkylation sites (tertiary alicyclic amines) is 1. The van der Waals surface area contributed by atoms with Crippen molar-refractivity contribution in [3.05, 3.63) is 70.3 Å². The minimum atomic E-state index is -0.432. The molecule has 3 rings (SSSR count). The molecule has 1 saturated heterocycles. The van der Waals surface area contributed by atoms with Crippen molar-refractivity contribution in [2.24, 2.45) is 5.73 Å². The second kappa shape index (κ2) is 9.21. The van der Waals surface area contributed by atoms with E-state index >= 15 is 0 Å². The first-order valence-electron chi connectivity index (χ1n) is 8.46. The molecule has 0 bridgehead atoms. The fourth-order valence-corrected chi connectivity index (χ4v) is 4.17. The van der Waals surface area contributed by atoms with E-state index in [2.05, 4.69) is 0 Å². The first-order chi connectivity index (χ1) is 12.5. The molecule has 2 aromatic rings. The SMILES string of the molecule is CC(Sc1ccc([N+](=O)[O-])cc1)C(=O)N1C[C@@H](N)[C@H](c2ccccc2)C1.Cl. The van der Waals surface area contributed by atoms with Gasteiger partial charge in [0.15, 0.2) is 0 Å². The number of hydrogen-bond donors (Lipinski definition) is 1. The summed E-state index contributed by atoms with van der Waals surface area (Å²) in [6.45, 7) is 3.02. The zero-order valence-electron chi connectivity index (χ0n) is 14.9. The Labute approximate surface area is 168 Å². The van der Waals surface area contributed by atoms with Gasteiger partial charge in [-0.3, -0.25) is 14.9 Å². The summed E-state index contributed by atoms with van der Waals surface area (Å²) in [6.07, 6.45) is 0. The summed E-state index contributed by atoms with van der Waals surface area (Å²) in [5.74, 6) is 0.193. The predicted molar refractivity (Wildman–Crippen MR) is 109 cm³/mol. The number of carbonyl (C=O) groups excluding carboxylic acids is 1. The number of carbonyl (C=O) groups is 1. The van der Waals surface area contributed by atoms with Gasteiger partial charge < -0.3 is 10.6 Å². The number of amides is 1. The number of thioether (sulfide) groups is 1. The van der Waals surface area contributed by atoms with Gasteiger partial charge in [0.1, 0.15) is 0 Å². The Kier molecular flexibility index (Phi) is 7.24. The van der Waals surface area contributed by atoms with Crippen LogP contribution in [0.3, 0.4) is 0 Å². The van der Waals surface area contributed by atoms with Crippen molar-refractivity contribution >= 4 is 35.8 Å². The van der Waals surface area contributed by atoms with E-state index in [1.165, 1.54) is 23.9 Å². The van der Waals surface area contributed by atoms with Crippen molar-refractivity contribution in [1.82, 2.24) is 4.90 Å². The summed E-state index contributed by atoms with van der Waals surface area (Å²) < 4.78 is 0. The Morgan fingerprint density at radius 1 is 1.19 bits per heavy atom. The van der Waals surface area contributed by atoms with E-state index < -0.39 is 4.92 Å². The van der Waals surface area contributed by atoms with Crippen LogP contribution in [0.2, 0.25) is 0 Å². The van der Waals surface area contributed by atoms with Crippen LogP contribution in [0.25, 0.3) is 0 Å². The van der Waals surface area contributed by atoms with E-state index in [0.29, 0.717) is 13.1 Å². The lowest BCUT2D eigenvalue weighted by Gasteiger charge is -2.20. The highest BCUT2D eigenvalue weighted by atomic mass is 35.5. The molecule has 8 heteroatoms. The molecule has 1 heterocycles. The summed E-state index contributed by atoms with van der Waals surface area (Å²) in [7, 11) is 0. The number of hydrogen-bond acceptors (Lipinski definition) is 5. The van der Waals surface area contributed by atoms with E-state index in [1.807, 2.05) is 42.2 Å². The first-order valence-corrected chi connectivity index (χ1v) is 9.34. The second-order valence-electron chi connectivity index (χ2n) is 6.44. The van der Waals surface area contributed by atoms with Crippen LogP contribution in [0.5, 0.6) is 0 Å². The second-order valence-corrected chi connectivity index (χ2v) is 7.85. The maximum Gasteiger partial charge on any atom is 0.269 e. The molecule has 0 spiro atoms. The smallest absolute Gasteiger partial charge is 0.269 e. The van der Waals surface area contributed by atoms with Crippen LogP contribution in [0.15, 0.2) is 59.5 Å². The highest BCUT2D eigenvalue weighted by molar-refractivity contribution is 8.00. The van der Waals surface area contributed by atoms with Crippen molar-refractivity contribution in [3.63, 3.8) is 0 Å². The van der Waals surface area contributed by atoms with Gasteiger partial charge >= 0.3 is 0 Å². The summed E-state index contributed by atoms with van der Waals surface area (Å²) in [4.78, 5) is 25.7. The first kappa shape index (κ1) is 21.2. The van der Waals surface area contributed by atoms with Gasteiger partial charge in [-0.25, -0.2) is 0 Å². The van der Waals surface area contributed by atoms with Crippen molar-refractivity contribution in [2.75, 3.05) is 13.1 Å². The van der Waals surface area contributed by atoms with E-state index in [1.54, 1.807) is 12.1 Å². The minimum Gasteiger partial charge on any atom is -0.339 e. The number of nitro benzene ring substituents is 1. The Hall–Kier alpha value is -2.09. The molecule has 2 aromatic carbocycles. The number of rotatable bonds is 5. The molecule has 1 amide bonds. The Balaban J connectivity index is 0.00000261. The van der Waals surface area contributed by atoms with Crippen LogP contribution in [0.1, 0.15) is 18.4 Å². The van der Waals surface area contributed by atoms with Gasteiger partial charge in [0.25, 0.3) is 5.69 Å². The van der Waals surface area contributed by atoms with Crippen molar-refractivity contribution in [1.29, 1.82) is 0 Å². The van der Waals surface area contributed by atoms with E-state index in [-0.39, 0.29) is 41.2 Å². The number of nitrogens with zero attached hydrogens (tertiary/aromatic N) is 2. The quantitative estimate of drug-likeness (QED) is 0.465. The Morgan fingerprint density at radius 2 is 1.81 bits per heavy atom. The third-order valence-corrected chi connectivity index (χ3v) is 5.71. The Morgan fingerprint density at radius 3 is 2.41 bits per heavy atom. The van der Waals surface area contributed by atoms with Crippen LogP contribution >= 0.6 is 24.2 Å². The van der Waals surface area contributed by atoms with Crippen LogP contribution in [-0.2, 0) is 4.79 Å². The average Bonchev–Trinajstić information content (AvgIpc) is 3.04. The molecule has 2 N–H and O–H groups in total. The topological polar surface area (TPSA) is 89.5 Å². The molecule has 6 nitrogen and oxygen atoms in total. The lowest BCUT2D eigenvalue weighted by atomic mass is 9.95. The zero-order valence-corrected chi connectivity index (χ0v) is 16.5. The summed E-state index contributed by atoms with van der Waals surface area (Å²) in [5.41, 5.74) is 7.48. The molecule has 3 atom stereocenters. The van der Waals surface area contributed by atoms with Crippen molar-refractivity contribution in [3.8, 4) is 0 Å². The average molecular weight is 408 g/mol. The highest BCUT2D eigenvalue weighted by Gasteiger charge is 2.35. The molecule has 0 aromatic heterocycles. The largest absolute Gasteiger partial charge is 0.339 e. The van der Waals surface area contributed by atoms with Gasteiger partial charge in [-0.05, 0) is 24.6 Å². The molecule has 1 unspecified atom stereocenters. The molecule has 27 heavy (non-hydrogen) atoms. The van der Waals surface area contributed by atoms with Crippen molar-refractivity contribution < 1.29 is 9.72 Å². The van der Waals surface area contributed by atoms with Crippen LogP contribution in [-0.4, -0.2) is 40.1 Å². The molecule has 0 radical (unpaired) electrons. The lowest BCUT2D eigenvalue weighted by Crippen LogP contribution is -2.36. The maximum atomic E-state index is 12.8. The molecule has 1 aliphatic rings. The molecular weight excluding hydrogens is 386 g/mol. The molecule has 0 aliphatic carbocycles. The summed E-state index contributed by atoms with van der Waals surface area (Å²) in [6, 6.07) is 16.2. The van der Waals surface area contributed by atoms with Crippen LogP contribution < -0.4 is 5.73 Å². The number of nitrogens with two attached hydrogens (primary N) is 1. The standard InChI is InChI=1S/C19H21N3O3S.ClH/c1-13(26-16-9-7-15(8-10-16)22(24)25)19(23)21-11-17(18(20)12-21)14-5-3-2-4-6-14;/h2-10,13,17-18H,11-12,20H2,1H3;1H/t13?,17-,18+;/m0./s1. The molecule has 1 fully saturated rings. The third-order valence-electron chi connectivity index (χ3n) is 4.61. The predicted octanol–water partition coefficient (Wildman–Crippen LogP) is 3.45. The normalized spacial score (nSPS) is 20.0. The van der Waals surface area contributed by atoms with Gasteiger partial charge in [-0.2, -0.15) is 0 Å². The summed E-state index contributed by atoms with van der Waals surface area (Å²) in [5, 5.41) is 10.4. The van der Waals surface area contributed by atoms with Crippen LogP contribution in [0.4, 0.5) is 5.69 Å². The molecular formula is C19H22ClN3O3S. The summed E-state index contributed by atoms with van der Waals surface area (Å²) >= 11 is 1.40. The number of non-ortho nitro benzene ring substituents is 1. The van der Waals surface area contributed by atoms with Gasteiger partial charge in [-0.1, -0.05) is 30.3 Å². The fraction of sp³-hybridized carbons (Fsp3) is 0.316.